The minimum absolute atomic E-state index is 1.13. The quantitative estimate of drug-likeness (QED) is 0.434. The second kappa shape index (κ2) is 5.43. The Hall–Kier alpha value is -1.36. The van der Waals surface area contributed by atoms with E-state index in [4.69, 9.17) is 11.8 Å². The van der Waals surface area contributed by atoms with Crippen LogP contribution in [0.3, 0.4) is 0 Å². The fraction of sp³-hybridized carbons (Fsp3) is 0.333. The van der Waals surface area contributed by atoms with Gasteiger partial charge in [-0.3, -0.25) is 0 Å². The minimum Gasteiger partial charge on any atom is -0.512 e. The molecule has 0 saturated heterocycles. The molecule has 0 unspecified atom stereocenters. The van der Waals surface area contributed by atoms with E-state index < -0.39 is 0 Å². The second-order valence-corrected chi connectivity index (χ2v) is 2.23. The molecular formula is C9H12N2. The second-order valence-electron chi connectivity index (χ2n) is 2.23. The van der Waals surface area contributed by atoms with E-state index in [0.29, 0.717) is 0 Å². The van der Waals surface area contributed by atoms with Crippen LogP contribution in [0.25, 0.3) is 0 Å². The number of pyridine rings is 1. The molecule has 0 bridgehead atoms. The highest BCUT2D eigenvalue weighted by molar-refractivity contribution is 5.06. The van der Waals surface area contributed by atoms with Crippen molar-refractivity contribution in [3.8, 4) is 0 Å². The van der Waals surface area contributed by atoms with E-state index >= 15 is 0 Å². The molecule has 2 nitrogen and oxygen atoms in total. The van der Waals surface area contributed by atoms with Gasteiger partial charge in [0.05, 0.1) is 0 Å². The Balaban J connectivity index is 0.000000461. The molecule has 0 aliphatic heterocycles. The third-order valence-corrected chi connectivity index (χ3v) is 1.46. The summed E-state index contributed by atoms with van der Waals surface area (Å²) in [7, 11) is 2.03. The van der Waals surface area contributed by atoms with Gasteiger partial charge in [-0.15, -0.1) is 0 Å². The lowest BCUT2D eigenvalue weighted by molar-refractivity contribution is -0.671. The molecule has 0 atom stereocenters. The predicted molar refractivity (Wildman–Crippen MR) is 42.0 cm³/mol. The zero-order chi connectivity index (χ0) is 8.69. The van der Waals surface area contributed by atoms with Crippen LogP contribution in [0.1, 0.15) is 12.5 Å². The van der Waals surface area contributed by atoms with Gasteiger partial charge in [-0.05, 0) is 12.0 Å². The monoisotopic (exact) mass is 148 g/mol. The molecule has 1 heterocycles. The van der Waals surface area contributed by atoms with Gasteiger partial charge in [0.25, 0.3) is 0 Å². The molecule has 0 radical (unpaired) electrons. The third-order valence-electron chi connectivity index (χ3n) is 1.46. The van der Waals surface area contributed by atoms with E-state index in [0.717, 1.165) is 6.42 Å². The number of aryl methyl sites for hydroxylation is 2. The largest absolute Gasteiger partial charge is 0.512 e. The maximum absolute atomic E-state index is 6.25. The van der Waals surface area contributed by atoms with Gasteiger partial charge in [0.1, 0.15) is 7.05 Å². The zero-order valence-corrected chi connectivity index (χ0v) is 6.91. The maximum Gasteiger partial charge on any atom is 0.168 e. The Morgan fingerprint density at radius 3 is 2.18 bits per heavy atom. The molecule has 0 aromatic carbocycles. The molecule has 0 aliphatic carbocycles. The van der Waals surface area contributed by atoms with Crippen molar-refractivity contribution < 1.29 is 4.57 Å². The van der Waals surface area contributed by atoms with Crippen LogP contribution < -0.4 is 4.57 Å². The summed E-state index contributed by atoms with van der Waals surface area (Å²) in [5.41, 5.74) is 1.40. The Morgan fingerprint density at radius 1 is 1.36 bits per heavy atom. The summed E-state index contributed by atoms with van der Waals surface area (Å²) in [6.07, 6.45) is 5.26. The summed E-state index contributed by atoms with van der Waals surface area (Å²) >= 11 is 0. The molecule has 0 N–H and O–H groups in total. The van der Waals surface area contributed by atoms with E-state index in [2.05, 4.69) is 31.5 Å². The number of hydrogen-bond donors (Lipinski definition) is 0. The Labute approximate surface area is 67.7 Å². The lowest BCUT2D eigenvalue weighted by Crippen LogP contribution is -2.25. The highest BCUT2D eigenvalue weighted by atomic mass is 14.9. The van der Waals surface area contributed by atoms with Gasteiger partial charge in [-0.25, -0.2) is 4.57 Å². The summed E-state index contributed by atoms with van der Waals surface area (Å²) in [5.74, 6) is 0. The lowest BCUT2D eigenvalue weighted by atomic mass is 10.2. The van der Waals surface area contributed by atoms with Crippen LogP contribution in [0.4, 0.5) is 0 Å². The van der Waals surface area contributed by atoms with E-state index in [9.17, 15) is 0 Å². The minimum atomic E-state index is 1.13. The van der Waals surface area contributed by atoms with Crippen molar-refractivity contribution in [2.24, 2.45) is 7.05 Å². The first-order chi connectivity index (χ1) is 5.33. The normalized spacial score (nSPS) is 8.00. The van der Waals surface area contributed by atoms with Crippen LogP contribution in [0.5, 0.6) is 0 Å². The van der Waals surface area contributed by atoms with Crippen molar-refractivity contribution in [3.63, 3.8) is 0 Å². The molecule has 0 fully saturated rings. The highest BCUT2D eigenvalue weighted by Crippen LogP contribution is 1.93. The van der Waals surface area contributed by atoms with Crippen molar-refractivity contribution in [1.29, 1.82) is 5.26 Å². The average molecular weight is 148 g/mol. The highest BCUT2D eigenvalue weighted by Gasteiger charge is 1.89. The van der Waals surface area contributed by atoms with Crippen molar-refractivity contribution >= 4 is 0 Å². The van der Waals surface area contributed by atoms with Crippen molar-refractivity contribution in [2.45, 2.75) is 13.3 Å². The Morgan fingerprint density at radius 2 is 1.82 bits per heavy atom. The SMILES string of the molecule is CCc1cc[n+](C)cc1.[C-]#N. The summed E-state index contributed by atoms with van der Waals surface area (Å²) in [6, 6.07) is 4.28. The number of rotatable bonds is 1. The number of aromatic nitrogens is 1. The molecule has 1 aromatic heterocycles. The molecule has 1 rings (SSSR count). The maximum atomic E-state index is 6.25. The number of nitrogens with zero attached hydrogens (tertiary/aromatic N) is 2. The molecule has 1 aromatic rings. The van der Waals surface area contributed by atoms with Crippen molar-refractivity contribution in [1.82, 2.24) is 0 Å². The topological polar surface area (TPSA) is 27.7 Å². The first-order valence-corrected chi connectivity index (χ1v) is 3.49. The molecule has 2 heteroatoms. The van der Waals surface area contributed by atoms with Gasteiger partial charge in [0, 0.05) is 12.1 Å². The van der Waals surface area contributed by atoms with Crippen LogP contribution in [-0.2, 0) is 13.5 Å². The summed E-state index contributed by atoms with van der Waals surface area (Å²) in [6.45, 7) is 6.91. The summed E-state index contributed by atoms with van der Waals surface area (Å²) < 4.78 is 2.04. The van der Waals surface area contributed by atoms with Crippen LogP contribution >= 0.6 is 0 Å². The van der Waals surface area contributed by atoms with Crippen LogP contribution in [-0.4, -0.2) is 0 Å². The summed E-state index contributed by atoms with van der Waals surface area (Å²) in [5, 5.41) is 6.25. The van der Waals surface area contributed by atoms with E-state index in [1.165, 1.54) is 5.56 Å². The Bertz CT molecular complexity index is 211. The van der Waals surface area contributed by atoms with Gasteiger partial charge < -0.3 is 11.8 Å². The molecular weight excluding hydrogens is 136 g/mol. The molecule has 58 valence electrons. The first-order valence-electron chi connectivity index (χ1n) is 3.49. The predicted octanol–water partition coefficient (Wildman–Crippen LogP) is 1.17. The fourth-order valence-electron chi connectivity index (χ4n) is 0.768. The van der Waals surface area contributed by atoms with Crippen LogP contribution in [0.2, 0.25) is 0 Å². The van der Waals surface area contributed by atoms with Crippen LogP contribution in [0.15, 0.2) is 24.5 Å². The molecule has 0 aliphatic rings. The fourth-order valence-corrected chi connectivity index (χ4v) is 0.768. The zero-order valence-electron chi connectivity index (χ0n) is 6.91. The van der Waals surface area contributed by atoms with E-state index in [-0.39, 0.29) is 0 Å². The molecule has 0 spiro atoms. The van der Waals surface area contributed by atoms with Gasteiger partial charge in [-0.1, -0.05) is 6.92 Å². The van der Waals surface area contributed by atoms with Crippen molar-refractivity contribution in [2.75, 3.05) is 0 Å². The first kappa shape index (κ1) is 9.64. The molecule has 0 amide bonds. The van der Waals surface area contributed by atoms with Gasteiger partial charge in [0.15, 0.2) is 12.4 Å². The van der Waals surface area contributed by atoms with Gasteiger partial charge in [-0.2, -0.15) is 0 Å². The standard InChI is InChI=1S/C8H12N.CN/c1-3-8-4-6-9(2)7-5-8;1-2/h4-7H,3H2,1-2H3;/q+1;-1. The molecule has 0 saturated carbocycles. The number of hydrogen-bond acceptors (Lipinski definition) is 1. The average Bonchev–Trinajstić information content (AvgIpc) is 2.10. The lowest BCUT2D eigenvalue weighted by Gasteiger charge is -1.90. The van der Waals surface area contributed by atoms with Gasteiger partial charge in [0.2, 0.25) is 0 Å². The third kappa shape index (κ3) is 3.36. The molecule has 11 heavy (non-hydrogen) atoms. The summed E-state index contributed by atoms with van der Waals surface area (Å²) in [4.78, 5) is 0. The van der Waals surface area contributed by atoms with Gasteiger partial charge >= 0.3 is 0 Å². The smallest absolute Gasteiger partial charge is 0.168 e. The van der Waals surface area contributed by atoms with Crippen LogP contribution in [0, 0.1) is 11.8 Å². The van der Waals surface area contributed by atoms with Crippen molar-refractivity contribution in [3.05, 3.63) is 36.7 Å². The Kier molecular flexibility index (Phi) is 4.76. The van der Waals surface area contributed by atoms with E-state index in [1.807, 2.05) is 11.6 Å². The van der Waals surface area contributed by atoms with E-state index in [1.54, 1.807) is 0 Å².